The van der Waals surface area contributed by atoms with Crippen LogP contribution in [0.1, 0.15) is 11.7 Å². The van der Waals surface area contributed by atoms with Crippen molar-refractivity contribution in [2.45, 2.75) is 13.5 Å². The number of fused-ring (bicyclic) bond motifs is 1. The molecule has 0 aliphatic carbocycles. The zero-order valence-electron chi connectivity index (χ0n) is 9.17. The van der Waals surface area contributed by atoms with Crippen molar-refractivity contribution in [3.8, 4) is 0 Å². The maximum Gasteiger partial charge on any atom is 0.213 e. The third kappa shape index (κ3) is 1.99. The molecule has 3 aromatic heterocycles. The van der Waals surface area contributed by atoms with Crippen molar-refractivity contribution in [2.24, 2.45) is 0 Å². The average Bonchev–Trinajstić information content (AvgIpc) is 2.94. The van der Waals surface area contributed by atoms with Gasteiger partial charge in [0.05, 0.1) is 23.0 Å². The molecule has 3 rings (SSSR count). The molecular weight excluding hydrogens is 236 g/mol. The number of nitrogens with one attached hydrogen (secondary N) is 1. The molecule has 3 heterocycles. The molecule has 0 aliphatic rings. The second kappa shape index (κ2) is 4.14. The second-order valence-corrected chi connectivity index (χ2v) is 4.49. The molecule has 17 heavy (non-hydrogen) atoms. The molecular formula is C11H10N4OS. The van der Waals surface area contributed by atoms with Crippen molar-refractivity contribution >= 4 is 27.4 Å². The van der Waals surface area contributed by atoms with Crippen LogP contribution in [0.2, 0.25) is 0 Å². The molecule has 0 spiro atoms. The smallest absolute Gasteiger partial charge is 0.213 e. The fraction of sp³-hybridized carbons (Fsp3) is 0.182. The highest BCUT2D eigenvalue weighted by molar-refractivity contribution is 7.17. The number of hydrogen-bond acceptors (Lipinski definition) is 6. The van der Waals surface area contributed by atoms with Gasteiger partial charge in [-0.1, -0.05) is 0 Å². The van der Waals surface area contributed by atoms with Gasteiger partial charge in [0.1, 0.15) is 17.9 Å². The van der Waals surface area contributed by atoms with Gasteiger partial charge in [0.15, 0.2) is 0 Å². The molecule has 86 valence electrons. The predicted octanol–water partition coefficient (Wildman–Crippen LogP) is 2.60. The first-order chi connectivity index (χ1) is 8.33. The van der Waals surface area contributed by atoms with Crippen molar-refractivity contribution in [3.63, 3.8) is 0 Å². The van der Waals surface area contributed by atoms with E-state index >= 15 is 0 Å². The minimum absolute atomic E-state index is 0.526. The fourth-order valence-electron chi connectivity index (χ4n) is 1.56. The summed E-state index contributed by atoms with van der Waals surface area (Å²) in [5, 5.41) is 5.21. The number of aryl methyl sites for hydroxylation is 1. The lowest BCUT2D eigenvalue weighted by atomic mass is 10.4. The molecule has 0 unspecified atom stereocenters. The first-order valence-corrected chi connectivity index (χ1v) is 6.04. The molecule has 0 amide bonds. The Kier molecular flexibility index (Phi) is 2.49. The van der Waals surface area contributed by atoms with E-state index in [1.54, 1.807) is 23.9 Å². The van der Waals surface area contributed by atoms with Gasteiger partial charge in [0.2, 0.25) is 5.89 Å². The lowest BCUT2D eigenvalue weighted by molar-refractivity contribution is 0.479. The SMILES string of the molecule is Cc1cnc(CNc2ncnc3ccsc23)o1. The molecule has 0 saturated heterocycles. The Morgan fingerprint density at radius 2 is 2.29 bits per heavy atom. The van der Waals surface area contributed by atoms with E-state index in [9.17, 15) is 0 Å². The largest absolute Gasteiger partial charge is 0.444 e. The van der Waals surface area contributed by atoms with Crippen LogP contribution >= 0.6 is 11.3 Å². The van der Waals surface area contributed by atoms with Gasteiger partial charge in [-0.3, -0.25) is 0 Å². The molecule has 5 nitrogen and oxygen atoms in total. The number of hydrogen-bond donors (Lipinski definition) is 1. The Labute approximate surface area is 102 Å². The van der Waals surface area contributed by atoms with Crippen LogP contribution in [0.3, 0.4) is 0 Å². The molecule has 0 fully saturated rings. The second-order valence-electron chi connectivity index (χ2n) is 3.58. The van der Waals surface area contributed by atoms with Crippen LogP contribution < -0.4 is 5.32 Å². The summed E-state index contributed by atoms with van der Waals surface area (Å²) in [7, 11) is 0. The maximum atomic E-state index is 5.39. The minimum atomic E-state index is 0.526. The molecule has 6 heteroatoms. The first-order valence-electron chi connectivity index (χ1n) is 5.16. The summed E-state index contributed by atoms with van der Waals surface area (Å²) in [4.78, 5) is 12.5. The Morgan fingerprint density at radius 3 is 3.12 bits per heavy atom. The predicted molar refractivity (Wildman–Crippen MR) is 66.0 cm³/mol. The fourth-order valence-corrected chi connectivity index (χ4v) is 2.37. The lowest BCUT2D eigenvalue weighted by Gasteiger charge is -2.02. The van der Waals surface area contributed by atoms with Gasteiger partial charge in [-0.05, 0) is 18.4 Å². The first kappa shape index (κ1) is 10.2. The van der Waals surface area contributed by atoms with E-state index in [4.69, 9.17) is 4.42 Å². The van der Waals surface area contributed by atoms with Crippen molar-refractivity contribution in [1.82, 2.24) is 15.0 Å². The topological polar surface area (TPSA) is 63.8 Å². The molecule has 0 aliphatic heterocycles. The summed E-state index contributed by atoms with van der Waals surface area (Å²) in [6.07, 6.45) is 3.26. The number of thiophene rings is 1. The summed E-state index contributed by atoms with van der Waals surface area (Å²) in [5.41, 5.74) is 0.955. The van der Waals surface area contributed by atoms with Crippen molar-refractivity contribution in [1.29, 1.82) is 0 Å². The molecule has 1 N–H and O–H groups in total. The van der Waals surface area contributed by atoms with Crippen molar-refractivity contribution in [3.05, 3.63) is 35.6 Å². The Balaban J connectivity index is 1.83. The van der Waals surface area contributed by atoms with Crippen molar-refractivity contribution < 1.29 is 4.42 Å². The number of aromatic nitrogens is 3. The number of nitrogens with zero attached hydrogens (tertiary/aromatic N) is 3. The highest BCUT2D eigenvalue weighted by Crippen LogP contribution is 2.24. The lowest BCUT2D eigenvalue weighted by Crippen LogP contribution is -2.01. The van der Waals surface area contributed by atoms with Crippen LogP contribution in [0.15, 0.2) is 28.4 Å². The van der Waals surface area contributed by atoms with Crippen LogP contribution in [0.5, 0.6) is 0 Å². The molecule has 0 aromatic carbocycles. The summed E-state index contributed by atoms with van der Waals surface area (Å²) < 4.78 is 6.44. The van der Waals surface area contributed by atoms with Gasteiger partial charge >= 0.3 is 0 Å². The third-order valence-electron chi connectivity index (χ3n) is 2.32. The zero-order chi connectivity index (χ0) is 11.7. The normalized spacial score (nSPS) is 10.9. The van der Waals surface area contributed by atoms with E-state index < -0.39 is 0 Å². The van der Waals surface area contributed by atoms with Crippen LogP contribution in [0.4, 0.5) is 5.82 Å². The van der Waals surface area contributed by atoms with Crippen LogP contribution in [-0.2, 0) is 6.54 Å². The quantitative estimate of drug-likeness (QED) is 0.769. The van der Waals surface area contributed by atoms with Gasteiger partial charge in [0.25, 0.3) is 0 Å². The summed E-state index contributed by atoms with van der Waals surface area (Å²) in [5.74, 6) is 2.29. The Hall–Kier alpha value is -1.95. The molecule has 0 saturated carbocycles. The standard InChI is InChI=1S/C11H10N4OS/c1-7-4-12-9(16-7)5-13-11-10-8(2-3-17-10)14-6-15-11/h2-4,6H,5H2,1H3,(H,13,14,15). The summed E-state index contributed by atoms with van der Waals surface area (Å²) >= 11 is 1.62. The zero-order valence-corrected chi connectivity index (χ0v) is 9.99. The van der Waals surface area contributed by atoms with Gasteiger partial charge < -0.3 is 9.73 Å². The number of anilines is 1. The summed E-state index contributed by atoms with van der Waals surface area (Å²) in [6.45, 7) is 2.40. The number of rotatable bonds is 3. The molecule has 3 aromatic rings. The van der Waals surface area contributed by atoms with Crippen LogP contribution in [0, 0.1) is 6.92 Å². The average molecular weight is 246 g/mol. The van der Waals surface area contributed by atoms with Crippen LogP contribution in [-0.4, -0.2) is 15.0 Å². The monoisotopic (exact) mass is 246 g/mol. The van der Waals surface area contributed by atoms with E-state index in [1.165, 1.54) is 0 Å². The summed E-state index contributed by atoms with van der Waals surface area (Å²) in [6, 6.07) is 1.97. The van der Waals surface area contributed by atoms with E-state index in [2.05, 4.69) is 20.3 Å². The van der Waals surface area contributed by atoms with Crippen molar-refractivity contribution in [2.75, 3.05) is 5.32 Å². The Morgan fingerprint density at radius 1 is 1.35 bits per heavy atom. The maximum absolute atomic E-state index is 5.39. The van der Waals surface area contributed by atoms with Gasteiger partial charge in [0, 0.05) is 0 Å². The highest BCUT2D eigenvalue weighted by atomic mass is 32.1. The number of oxazole rings is 1. The van der Waals surface area contributed by atoms with E-state index in [-0.39, 0.29) is 0 Å². The van der Waals surface area contributed by atoms with Crippen LogP contribution in [0.25, 0.3) is 10.2 Å². The van der Waals surface area contributed by atoms with Gasteiger partial charge in [-0.15, -0.1) is 11.3 Å². The Bertz CT molecular complexity index is 646. The van der Waals surface area contributed by atoms with E-state index in [0.29, 0.717) is 12.4 Å². The van der Waals surface area contributed by atoms with E-state index in [1.807, 2.05) is 18.4 Å². The third-order valence-corrected chi connectivity index (χ3v) is 3.23. The van der Waals surface area contributed by atoms with E-state index in [0.717, 1.165) is 21.8 Å². The van der Waals surface area contributed by atoms with Gasteiger partial charge in [-0.2, -0.15) is 0 Å². The van der Waals surface area contributed by atoms with Gasteiger partial charge in [-0.25, -0.2) is 15.0 Å². The molecule has 0 atom stereocenters. The molecule has 0 bridgehead atoms. The highest BCUT2D eigenvalue weighted by Gasteiger charge is 2.06. The minimum Gasteiger partial charge on any atom is -0.444 e. The molecule has 0 radical (unpaired) electrons.